The van der Waals surface area contributed by atoms with Crippen LogP contribution in [0.15, 0.2) is 122 Å². The van der Waals surface area contributed by atoms with Crippen LogP contribution in [0.25, 0.3) is 17.2 Å². The molecule has 11 nitrogen and oxygen atoms in total. The molecule has 3 aromatic carbocycles. The zero-order valence-electron chi connectivity index (χ0n) is 27.0. The Labute approximate surface area is 284 Å². The predicted molar refractivity (Wildman–Crippen MR) is 186 cm³/mol. The lowest BCUT2D eigenvalue weighted by molar-refractivity contribution is -0.134. The minimum Gasteiger partial charge on any atom is -0.492 e. The van der Waals surface area contributed by atoms with Crippen LogP contribution in [-0.2, 0) is 33.8 Å². The Morgan fingerprint density at radius 2 is 1.53 bits per heavy atom. The van der Waals surface area contributed by atoms with Crippen LogP contribution in [0, 0.1) is 0 Å². The molecule has 0 spiro atoms. The highest BCUT2D eigenvalue weighted by Gasteiger charge is 2.16. The highest BCUT2D eigenvalue weighted by molar-refractivity contribution is 5.88. The predicted octanol–water partition coefficient (Wildman–Crippen LogP) is 5.70. The van der Waals surface area contributed by atoms with Crippen molar-refractivity contribution in [1.29, 1.82) is 0 Å². The standard InChI is InChI=1S/C38H36N6O5/c1-48-36(46)19-12-28-8-10-30(11-9-28)27-44(38(47)43-37-39-20-5-21-40-37)22-23-49-34-17-14-31(15-18-34)32-13-16-33(41-26-32)24-35(45)42-25-29-6-3-2-4-7-29/h2-21,26H,22-25,27H2,1H3,(H,42,45)(H,39,40,43,47)/b19-12+. The van der Waals surface area contributed by atoms with Gasteiger partial charge in [-0.05, 0) is 52.6 Å². The smallest absolute Gasteiger partial charge is 0.330 e. The number of hydrogen-bond donors (Lipinski definition) is 2. The third-order valence-electron chi connectivity index (χ3n) is 7.35. The number of benzene rings is 3. The number of methoxy groups -OCH3 is 1. The highest BCUT2D eigenvalue weighted by atomic mass is 16.5. The van der Waals surface area contributed by atoms with E-state index in [-0.39, 0.29) is 37.5 Å². The fourth-order valence-electron chi connectivity index (χ4n) is 4.72. The van der Waals surface area contributed by atoms with Crippen molar-refractivity contribution in [1.82, 2.24) is 25.2 Å². The largest absolute Gasteiger partial charge is 0.492 e. The van der Waals surface area contributed by atoms with Gasteiger partial charge in [-0.25, -0.2) is 19.6 Å². The Bertz CT molecular complexity index is 1830. The fourth-order valence-corrected chi connectivity index (χ4v) is 4.72. The normalized spacial score (nSPS) is 10.7. The Balaban J connectivity index is 1.14. The molecule has 0 radical (unpaired) electrons. The summed E-state index contributed by atoms with van der Waals surface area (Å²) in [4.78, 5) is 51.2. The number of ether oxygens (including phenoxy) is 2. The van der Waals surface area contributed by atoms with Gasteiger partial charge in [0.25, 0.3) is 0 Å². The maximum Gasteiger partial charge on any atom is 0.330 e. The molecule has 5 rings (SSSR count). The van der Waals surface area contributed by atoms with E-state index < -0.39 is 5.97 Å². The average Bonchev–Trinajstić information content (AvgIpc) is 3.14. The summed E-state index contributed by atoms with van der Waals surface area (Å²) in [5.74, 6) is 0.328. The molecule has 0 atom stereocenters. The van der Waals surface area contributed by atoms with E-state index in [1.165, 1.54) is 13.2 Å². The Hall–Kier alpha value is -6.36. The number of hydrogen-bond acceptors (Lipinski definition) is 8. The van der Waals surface area contributed by atoms with Gasteiger partial charge in [0.15, 0.2) is 0 Å². The number of esters is 1. The van der Waals surface area contributed by atoms with Crippen LogP contribution in [0.2, 0.25) is 0 Å². The zero-order valence-corrected chi connectivity index (χ0v) is 27.0. The Kier molecular flexibility index (Phi) is 12.2. The quantitative estimate of drug-likeness (QED) is 0.115. The lowest BCUT2D eigenvalue weighted by Gasteiger charge is -2.23. The molecule has 248 valence electrons. The molecule has 0 aliphatic carbocycles. The van der Waals surface area contributed by atoms with Gasteiger partial charge >= 0.3 is 12.0 Å². The molecular weight excluding hydrogens is 620 g/mol. The van der Waals surface area contributed by atoms with E-state index in [2.05, 4.69) is 30.3 Å². The molecule has 0 saturated heterocycles. The zero-order chi connectivity index (χ0) is 34.3. The second kappa shape index (κ2) is 17.5. The van der Waals surface area contributed by atoms with Crippen LogP contribution in [-0.4, -0.2) is 58.0 Å². The van der Waals surface area contributed by atoms with Crippen molar-refractivity contribution in [3.05, 3.63) is 144 Å². The molecular formula is C38H36N6O5. The minimum atomic E-state index is -0.437. The van der Waals surface area contributed by atoms with E-state index in [4.69, 9.17) is 4.74 Å². The molecule has 0 bridgehead atoms. The molecule has 11 heteroatoms. The number of aromatic nitrogens is 3. The molecule has 3 amide bonds. The number of amides is 3. The molecule has 0 fully saturated rings. The number of nitrogens with one attached hydrogen (secondary N) is 2. The molecule has 0 aliphatic heterocycles. The first-order valence-corrected chi connectivity index (χ1v) is 15.6. The van der Waals surface area contributed by atoms with Gasteiger partial charge in [-0.1, -0.05) is 72.8 Å². The van der Waals surface area contributed by atoms with Gasteiger partial charge in [-0.2, -0.15) is 0 Å². The van der Waals surface area contributed by atoms with Crippen LogP contribution < -0.4 is 15.4 Å². The van der Waals surface area contributed by atoms with Crippen molar-refractivity contribution in [2.45, 2.75) is 19.5 Å². The summed E-state index contributed by atoms with van der Waals surface area (Å²) in [7, 11) is 1.33. The highest BCUT2D eigenvalue weighted by Crippen LogP contribution is 2.22. The minimum absolute atomic E-state index is 0.0853. The third-order valence-corrected chi connectivity index (χ3v) is 7.35. The lowest BCUT2D eigenvalue weighted by Crippen LogP contribution is -2.37. The summed E-state index contributed by atoms with van der Waals surface area (Å²) in [6, 6.07) is 30.0. The average molecular weight is 657 g/mol. The number of urea groups is 1. The van der Waals surface area contributed by atoms with Gasteiger partial charge in [0.2, 0.25) is 11.9 Å². The van der Waals surface area contributed by atoms with Gasteiger partial charge < -0.3 is 19.7 Å². The molecule has 2 aromatic heterocycles. The molecule has 0 unspecified atom stereocenters. The van der Waals surface area contributed by atoms with Crippen molar-refractivity contribution < 1.29 is 23.9 Å². The molecule has 2 N–H and O–H groups in total. The number of pyridine rings is 1. The summed E-state index contributed by atoms with van der Waals surface area (Å²) >= 11 is 0. The van der Waals surface area contributed by atoms with E-state index in [1.54, 1.807) is 35.6 Å². The van der Waals surface area contributed by atoms with Crippen molar-refractivity contribution in [3.8, 4) is 16.9 Å². The van der Waals surface area contributed by atoms with Crippen LogP contribution in [0.1, 0.15) is 22.4 Å². The summed E-state index contributed by atoms with van der Waals surface area (Å²) in [5, 5.41) is 5.66. The molecule has 5 aromatic rings. The summed E-state index contributed by atoms with van der Waals surface area (Å²) in [6.45, 7) is 1.31. The van der Waals surface area contributed by atoms with Crippen LogP contribution >= 0.6 is 0 Å². The van der Waals surface area contributed by atoms with Gasteiger partial charge in [-0.15, -0.1) is 0 Å². The maximum atomic E-state index is 13.2. The van der Waals surface area contributed by atoms with Crippen molar-refractivity contribution in [2.24, 2.45) is 0 Å². The topological polar surface area (TPSA) is 136 Å². The van der Waals surface area contributed by atoms with Gasteiger partial charge in [0.1, 0.15) is 12.4 Å². The Morgan fingerprint density at radius 3 is 2.22 bits per heavy atom. The first-order chi connectivity index (χ1) is 23.9. The number of nitrogens with zero attached hydrogens (tertiary/aromatic N) is 4. The van der Waals surface area contributed by atoms with E-state index in [9.17, 15) is 14.4 Å². The monoisotopic (exact) mass is 656 g/mol. The third kappa shape index (κ3) is 10.9. The lowest BCUT2D eigenvalue weighted by atomic mass is 10.1. The number of anilines is 1. The summed E-state index contributed by atoms with van der Waals surface area (Å²) in [5.41, 5.74) is 5.31. The van der Waals surface area contributed by atoms with Crippen LogP contribution in [0.5, 0.6) is 5.75 Å². The Morgan fingerprint density at radius 1 is 0.796 bits per heavy atom. The molecule has 0 aliphatic rings. The van der Waals surface area contributed by atoms with Crippen molar-refractivity contribution in [2.75, 3.05) is 25.6 Å². The van der Waals surface area contributed by atoms with Gasteiger partial charge in [0, 0.05) is 49.0 Å². The SMILES string of the molecule is COC(=O)/C=C/c1ccc(CN(CCOc2ccc(-c3ccc(CC(=O)NCc4ccccc4)nc3)cc2)C(=O)Nc2ncccn2)cc1. The fraction of sp³-hybridized carbons (Fsp3) is 0.158. The van der Waals surface area contributed by atoms with Gasteiger partial charge in [-0.3, -0.25) is 15.1 Å². The first-order valence-electron chi connectivity index (χ1n) is 15.6. The van der Waals surface area contributed by atoms with Crippen LogP contribution in [0.3, 0.4) is 0 Å². The number of carbonyl (C=O) groups is 3. The molecule has 2 heterocycles. The number of rotatable bonds is 14. The van der Waals surface area contributed by atoms with Crippen LogP contribution in [0.4, 0.5) is 10.7 Å². The van der Waals surface area contributed by atoms with E-state index in [1.807, 2.05) is 91.0 Å². The maximum absolute atomic E-state index is 13.2. The second-order valence-electron chi connectivity index (χ2n) is 10.9. The number of carbonyl (C=O) groups excluding carboxylic acids is 3. The van der Waals surface area contributed by atoms with E-state index in [0.717, 1.165) is 27.8 Å². The first kappa shape index (κ1) is 34.0. The summed E-state index contributed by atoms with van der Waals surface area (Å²) < 4.78 is 10.6. The van der Waals surface area contributed by atoms with Crippen molar-refractivity contribution in [3.63, 3.8) is 0 Å². The second-order valence-corrected chi connectivity index (χ2v) is 10.9. The van der Waals surface area contributed by atoms with E-state index in [0.29, 0.717) is 24.5 Å². The molecule has 0 saturated carbocycles. The van der Waals surface area contributed by atoms with E-state index >= 15 is 0 Å². The van der Waals surface area contributed by atoms with Gasteiger partial charge in [0.05, 0.1) is 20.1 Å². The van der Waals surface area contributed by atoms with Crippen molar-refractivity contribution >= 4 is 29.9 Å². The molecule has 49 heavy (non-hydrogen) atoms. The summed E-state index contributed by atoms with van der Waals surface area (Å²) in [6.07, 6.45) is 8.07.